The van der Waals surface area contributed by atoms with Crippen molar-refractivity contribution in [3.8, 4) is 11.5 Å². The molecule has 0 atom stereocenters. The van der Waals surface area contributed by atoms with Crippen molar-refractivity contribution in [2.45, 2.75) is 13.1 Å². The Labute approximate surface area is 174 Å². The van der Waals surface area contributed by atoms with Crippen LogP contribution in [0.25, 0.3) is 0 Å². The third-order valence-electron chi connectivity index (χ3n) is 3.53. The van der Waals surface area contributed by atoms with Crippen molar-refractivity contribution in [2.75, 3.05) is 21.3 Å². The Bertz CT molecular complexity index is 696. The molecule has 0 amide bonds. The van der Waals surface area contributed by atoms with E-state index in [0.717, 1.165) is 16.0 Å². The molecule has 0 heterocycles. The standard InChI is InChI=1S/C18H22BrN3O2.HI/c1-20-18(21-11-13-7-5-4-6-8-13)22-12-14-9-16(23-2)17(24-3)10-15(14)19;/h4-10H,11-12H2,1-3H3,(H2,20,21,22);1H. The van der Waals surface area contributed by atoms with E-state index < -0.39 is 0 Å². The first-order valence-corrected chi connectivity index (χ1v) is 8.36. The number of aliphatic imine (C=N–C) groups is 1. The Morgan fingerprint density at radius 3 is 2.20 bits per heavy atom. The molecule has 0 aliphatic rings. The first kappa shape index (κ1) is 21.6. The van der Waals surface area contributed by atoms with Gasteiger partial charge in [-0.2, -0.15) is 0 Å². The van der Waals surface area contributed by atoms with E-state index in [-0.39, 0.29) is 24.0 Å². The van der Waals surface area contributed by atoms with Crippen molar-refractivity contribution in [3.05, 3.63) is 58.1 Å². The first-order valence-electron chi connectivity index (χ1n) is 7.56. The number of methoxy groups -OCH3 is 2. The van der Waals surface area contributed by atoms with Crippen LogP contribution in [0.2, 0.25) is 0 Å². The lowest BCUT2D eigenvalue weighted by Gasteiger charge is -2.15. The van der Waals surface area contributed by atoms with Crippen molar-refractivity contribution >= 4 is 45.9 Å². The Balaban J connectivity index is 0.00000312. The van der Waals surface area contributed by atoms with E-state index in [4.69, 9.17) is 9.47 Å². The van der Waals surface area contributed by atoms with Gasteiger partial charge in [0.05, 0.1) is 14.2 Å². The molecular weight excluding hydrogens is 497 g/mol. The first-order chi connectivity index (χ1) is 11.7. The molecule has 0 aliphatic carbocycles. The van der Waals surface area contributed by atoms with E-state index in [1.54, 1.807) is 21.3 Å². The summed E-state index contributed by atoms with van der Waals surface area (Å²) in [6, 6.07) is 14.0. The number of hydrogen-bond donors (Lipinski definition) is 2. The van der Waals surface area contributed by atoms with Crippen LogP contribution in [0.3, 0.4) is 0 Å². The molecule has 0 saturated carbocycles. The summed E-state index contributed by atoms with van der Waals surface area (Å²) >= 11 is 3.56. The number of ether oxygens (including phenoxy) is 2. The third-order valence-corrected chi connectivity index (χ3v) is 4.26. The van der Waals surface area contributed by atoms with Gasteiger partial charge < -0.3 is 20.1 Å². The molecule has 0 radical (unpaired) electrons. The highest BCUT2D eigenvalue weighted by Gasteiger charge is 2.10. The molecule has 136 valence electrons. The van der Waals surface area contributed by atoms with E-state index in [0.29, 0.717) is 24.6 Å². The quantitative estimate of drug-likeness (QED) is 0.345. The van der Waals surface area contributed by atoms with Crippen molar-refractivity contribution < 1.29 is 9.47 Å². The van der Waals surface area contributed by atoms with Gasteiger partial charge in [0.2, 0.25) is 0 Å². The van der Waals surface area contributed by atoms with Gasteiger partial charge in [0.25, 0.3) is 0 Å². The molecule has 2 aromatic carbocycles. The lowest BCUT2D eigenvalue weighted by Crippen LogP contribution is -2.36. The molecule has 25 heavy (non-hydrogen) atoms. The zero-order valence-corrected chi connectivity index (χ0v) is 18.4. The summed E-state index contributed by atoms with van der Waals surface area (Å²) in [4.78, 5) is 4.25. The minimum absolute atomic E-state index is 0. The van der Waals surface area contributed by atoms with Gasteiger partial charge in [-0.25, -0.2) is 0 Å². The summed E-state index contributed by atoms with van der Waals surface area (Å²) in [6.07, 6.45) is 0. The second-order valence-electron chi connectivity index (χ2n) is 5.06. The lowest BCUT2D eigenvalue weighted by molar-refractivity contribution is 0.354. The van der Waals surface area contributed by atoms with Crippen LogP contribution in [0.5, 0.6) is 11.5 Å². The smallest absolute Gasteiger partial charge is 0.191 e. The van der Waals surface area contributed by atoms with Gasteiger partial charge in [0, 0.05) is 24.6 Å². The molecule has 2 rings (SSSR count). The van der Waals surface area contributed by atoms with Gasteiger partial charge >= 0.3 is 0 Å². The molecule has 2 aromatic rings. The highest BCUT2D eigenvalue weighted by atomic mass is 127. The molecule has 0 aromatic heterocycles. The normalized spacial score (nSPS) is 10.6. The fraction of sp³-hybridized carbons (Fsp3) is 0.278. The molecule has 0 unspecified atom stereocenters. The molecule has 0 aliphatic heterocycles. The summed E-state index contributed by atoms with van der Waals surface area (Å²) < 4.78 is 11.6. The van der Waals surface area contributed by atoms with E-state index in [2.05, 4.69) is 43.7 Å². The second kappa shape index (κ2) is 11.2. The van der Waals surface area contributed by atoms with Gasteiger partial charge in [0.1, 0.15) is 0 Å². The molecule has 7 heteroatoms. The maximum atomic E-state index is 5.35. The van der Waals surface area contributed by atoms with Crippen LogP contribution in [-0.2, 0) is 13.1 Å². The minimum atomic E-state index is 0. The molecule has 0 fully saturated rings. The Morgan fingerprint density at radius 2 is 1.60 bits per heavy atom. The molecular formula is C18H23BrIN3O2. The number of nitrogens with one attached hydrogen (secondary N) is 2. The predicted octanol–water partition coefficient (Wildman–Crippen LogP) is 3.95. The van der Waals surface area contributed by atoms with Crippen molar-refractivity contribution in [1.82, 2.24) is 10.6 Å². The van der Waals surface area contributed by atoms with Gasteiger partial charge in [-0.15, -0.1) is 24.0 Å². The van der Waals surface area contributed by atoms with E-state index in [1.165, 1.54) is 5.56 Å². The summed E-state index contributed by atoms with van der Waals surface area (Å²) in [7, 11) is 5.00. The summed E-state index contributed by atoms with van der Waals surface area (Å²) in [6.45, 7) is 1.32. The predicted molar refractivity (Wildman–Crippen MR) is 116 cm³/mol. The number of guanidine groups is 1. The number of nitrogens with zero attached hydrogens (tertiary/aromatic N) is 1. The Hall–Kier alpha value is -1.48. The topological polar surface area (TPSA) is 54.9 Å². The van der Waals surface area contributed by atoms with Crippen molar-refractivity contribution in [1.29, 1.82) is 0 Å². The monoisotopic (exact) mass is 519 g/mol. The average Bonchev–Trinajstić information content (AvgIpc) is 2.63. The summed E-state index contributed by atoms with van der Waals surface area (Å²) in [5.74, 6) is 2.13. The molecule has 2 N–H and O–H groups in total. The van der Waals surface area contributed by atoms with Crippen LogP contribution in [0.15, 0.2) is 51.9 Å². The molecule has 0 bridgehead atoms. The minimum Gasteiger partial charge on any atom is -0.493 e. The van der Waals surface area contributed by atoms with Crippen LogP contribution in [0, 0.1) is 0 Å². The van der Waals surface area contributed by atoms with Crippen LogP contribution < -0.4 is 20.1 Å². The highest BCUT2D eigenvalue weighted by Crippen LogP contribution is 2.33. The number of halogens is 2. The van der Waals surface area contributed by atoms with Crippen molar-refractivity contribution in [3.63, 3.8) is 0 Å². The van der Waals surface area contributed by atoms with Gasteiger partial charge in [-0.05, 0) is 23.3 Å². The summed E-state index contributed by atoms with van der Waals surface area (Å²) in [5.41, 5.74) is 2.25. The zero-order chi connectivity index (χ0) is 17.4. The van der Waals surface area contributed by atoms with E-state index in [1.807, 2.05) is 30.3 Å². The van der Waals surface area contributed by atoms with Gasteiger partial charge in [-0.1, -0.05) is 46.3 Å². The number of rotatable bonds is 6. The van der Waals surface area contributed by atoms with Crippen LogP contribution in [0.4, 0.5) is 0 Å². The lowest BCUT2D eigenvalue weighted by atomic mass is 10.2. The van der Waals surface area contributed by atoms with Crippen molar-refractivity contribution in [2.24, 2.45) is 4.99 Å². The van der Waals surface area contributed by atoms with E-state index in [9.17, 15) is 0 Å². The summed E-state index contributed by atoms with van der Waals surface area (Å²) in [5, 5.41) is 6.59. The highest BCUT2D eigenvalue weighted by molar-refractivity contribution is 14.0. The SMILES string of the molecule is CN=C(NCc1ccccc1)NCc1cc(OC)c(OC)cc1Br.I. The van der Waals surface area contributed by atoms with Crippen LogP contribution in [0.1, 0.15) is 11.1 Å². The molecule has 5 nitrogen and oxygen atoms in total. The largest absolute Gasteiger partial charge is 0.493 e. The maximum Gasteiger partial charge on any atom is 0.191 e. The third kappa shape index (κ3) is 6.39. The maximum absolute atomic E-state index is 5.35. The van der Waals surface area contributed by atoms with Crippen LogP contribution in [-0.4, -0.2) is 27.2 Å². The second-order valence-corrected chi connectivity index (χ2v) is 5.92. The van der Waals surface area contributed by atoms with Gasteiger partial charge in [0.15, 0.2) is 17.5 Å². The molecule has 0 saturated heterocycles. The van der Waals surface area contributed by atoms with Gasteiger partial charge in [-0.3, -0.25) is 4.99 Å². The molecule has 0 spiro atoms. The van der Waals surface area contributed by atoms with Crippen LogP contribution >= 0.6 is 39.9 Å². The fourth-order valence-corrected chi connectivity index (χ4v) is 2.68. The van der Waals surface area contributed by atoms with E-state index >= 15 is 0 Å². The number of benzene rings is 2. The fourth-order valence-electron chi connectivity index (χ4n) is 2.21. The zero-order valence-electron chi connectivity index (χ0n) is 14.5. The number of hydrogen-bond acceptors (Lipinski definition) is 3. The Morgan fingerprint density at radius 1 is 1.00 bits per heavy atom. The Kier molecular flexibility index (Phi) is 9.66. The average molecular weight is 520 g/mol.